The minimum absolute atomic E-state index is 0.0147. The summed E-state index contributed by atoms with van der Waals surface area (Å²) in [5.74, 6) is -1.12. The van der Waals surface area contributed by atoms with Crippen LogP contribution < -0.4 is 5.32 Å². The van der Waals surface area contributed by atoms with E-state index in [4.69, 9.17) is 9.84 Å². The molecule has 22 heavy (non-hydrogen) atoms. The molecule has 0 atom stereocenters. The molecule has 0 aliphatic rings. The van der Waals surface area contributed by atoms with Crippen molar-refractivity contribution < 1.29 is 19.4 Å². The van der Waals surface area contributed by atoms with Crippen molar-refractivity contribution in [3.8, 4) is 0 Å². The van der Waals surface area contributed by atoms with E-state index >= 15 is 0 Å². The molecule has 0 radical (unpaired) electrons. The number of hydrogen-bond acceptors (Lipinski definition) is 3. The number of carboxylic acid groups (broad SMARTS) is 1. The number of carbonyl (C=O) groups excluding carboxylic acids is 1. The number of carbonyl (C=O) groups is 2. The number of nitrogens with one attached hydrogen (secondary N) is 1. The van der Waals surface area contributed by atoms with E-state index in [0.717, 1.165) is 0 Å². The summed E-state index contributed by atoms with van der Waals surface area (Å²) < 4.78 is 5.05. The van der Waals surface area contributed by atoms with Crippen molar-refractivity contribution in [2.75, 3.05) is 0 Å². The first-order valence-corrected chi connectivity index (χ1v) is 7.43. The highest BCUT2D eigenvalue weighted by molar-refractivity contribution is 5.90. The van der Waals surface area contributed by atoms with E-state index in [1.807, 2.05) is 27.7 Å². The second kappa shape index (κ2) is 13.9. The third-order valence-corrected chi connectivity index (χ3v) is 1.73. The Morgan fingerprint density at radius 1 is 1.14 bits per heavy atom. The quantitative estimate of drug-likeness (QED) is 0.584. The van der Waals surface area contributed by atoms with Crippen LogP contribution in [0.4, 0.5) is 4.79 Å². The van der Waals surface area contributed by atoms with Crippen LogP contribution in [0.15, 0.2) is 36.1 Å². The standard InChI is InChI=1S/C13H19NO4.2C2H6/c1-6-9(11(15)16)8-10(7-2)14-12(17)18-13(3,4)5;2*1-2/h6-8H,1H2,2-5H3,(H,14,17)(H,15,16);2*1-2H3/b9-8+,10-7+;;. The fraction of sp³-hybridized carbons (Fsp3) is 0.529. The number of rotatable bonds is 4. The Bertz CT molecular complexity index is 401. The Balaban J connectivity index is -0.000000826. The molecule has 0 unspecified atom stereocenters. The Labute approximate surface area is 134 Å². The fourth-order valence-corrected chi connectivity index (χ4v) is 0.989. The molecule has 0 bridgehead atoms. The normalized spacial score (nSPS) is 11.1. The molecular weight excluding hydrogens is 282 g/mol. The van der Waals surface area contributed by atoms with Crippen LogP contribution in [0.2, 0.25) is 0 Å². The van der Waals surface area contributed by atoms with Gasteiger partial charge in [-0.05, 0) is 33.8 Å². The van der Waals surface area contributed by atoms with E-state index in [2.05, 4.69) is 11.9 Å². The van der Waals surface area contributed by atoms with Crippen molar-refractivity contribution in [3.05, 3.63) is 36.1 Å². The lowest BCUT2D eigenvalue weighted by atomic mass is 10.2. The van der Waals surface area contributed by atoms with Crippen molar-refractivity contribution in [1.82, 2.24) is 5.32 Å². The molecule has 0 saturated carbocycles. The first-order valence-electron chi connectivity index (χ1n) is 7.43. The maximum Gasteiger partial charge on any atom is 0.412 e. The molecule has 0 aromatic heterocycles. The maximum atomic E-state index is 11.5. The van der Waals surface area contributed by atoms with E-state index in [9.17, 15) is 9.59 Å². The zero-order valence-electron chi connectivity index (χ0n) is 15.1. The van der Waals surface area contributed by atoms with Gasteiger partial charge in [0.1, 0.15) is 5.60 Å². The summed E-state index contributed by atoms with van der Waals surface area (Å²) in [6, 6.07) is 0. The Hall–Kier alpha value is -2.04. The van der Waals surface area contributed by atoms with Gasteiger partial charge in [0.15, 0.2) is 0 Å². The number of allylic oxidation sites excluding steroid dienone is 2. The Morgan fingerprint density at radius 3 is 1.86 bits per heavy atom. The number of carboxylic acids is 1. The van der Waals surface area contributed by atoms with Crippen LogP contribution in [-0.2, 0) is 9.53 Å². The first kappa shape index (κ1) is 24.9. The predicted octanol–water partition coefficient (Wildman–Crippen LogP) is 4.66. The molecule has 5 nitrogen and oxygen atoms in total. The highest BCUT2D eigenvalue weighted by Crippen LogP contribution is 2.08. The third kappa shape index (κ3) is 14.4. The number of aliphatic carboxylic acids is 1. The smallest absolute Gasteiger partial charge is 0.412 e. The summed E-state index contributed by atoms with van der Waals surface area (Å²) in [4.78, 5) is 22.3. The third-order valence-electron chi connectivity index (χ3n) is 1.73. The lowest BCUT2D eigenvalue weighted by Gasteiger charge is -2.19. The highest BCUT2D eigenvalue weighted by atomic mass is 16.6. The van der Waals surface area contributed by atoms with Gasteiger partial charge in [0.05, 0.1) is 5.57 Å². The zero-order chi connectivity index (χ0) is 18.3. The van der Waals surface area contributed by atoms with Gasteiger partial charge in [-0.15, -0.1) is 0 Å². The van der Waals surface area contributed by atoms with Gasteiger partial charge in [-0.2, -0.15) is 0 Å². The van der Waals surface area contributed by atoms with Gasteiger partial charge in [-0.1, -0.05) is 46.4 Å². The molecule has 0 aliphatic heterocycles. The van der Waals surface area contributed by atoms with Gasteiger partial charge in [0.25, 0.3) is 0 Å². The predicted molar refractivity (Wildman–Crippen MR) is 91.7 cm³/mol. The van der Waals surface area contributed by atoms with Crippen LogP contribution >= 0.6 is 0 Å². The summed E-state index contributed by atoms with van der Waals surface area (Å²) in [5.41, 5.74) is -0.290. The first-order chi connectivity index (χ1) is 10.2. The number of alkyl carbamates (subject to hydrolysis) is 1. The second-order valence-electron chi connectivity index (χ2n) is 4.48. The van der Waals surface area contributed by atoms with Crippen LogP contribution in [0, 0.1) is 0 Å². The monoisotopic (exact) mass is 313 g/mol. The van der Waals surface area contributed by atoms with Crippen LogP contribution in [0.5, 0.6) is 0 Å². The molecule has 0 aromatic rings. The molecule has 0 fully saturated rings. The van der Waals surface area contributed by atoms with E-state index in [1.165, 1.54) is 12.2 Å². The molecule has 0 saturated heterocycles. The molecule has 0 aromatic carbocycles. The van der Waals surface area contributed by atoms with E-state index in [1.54, 1.807) is 33.8 Å². The molecule has 128 valence electrons. The zero-order valence-corrected chi connectivity index (χ0v) is 15.1. The van der Waals surface area contributed by atoms with Crippen LogP contribution in [0.25, 0.3) is 0 Å². The number of amides is 1. The molecule has 0 rings (SSSR count). The van der Waals surface area contributed by atoms with Crippen LogP contribution in [0.1, 0.15) is 55.4 Å². The summed E-state index contributed by atoms with van der Waals surface area (Å²) in [5, 5.41) is 11.3. The van der Waals surface area contributed by atoms with E-state index in [-0.39, 0.29) is 5.57 Å². The second-order valence-corrected chi connectivity index (χ2v) is 4.48. The minimum atomic E-state index is -1.12. The van der Waals surface area contributed by atoms with E-state index in [0.29, 0.717) is 5.70 Å². The summed E-state index contributed by atoms with van der Waals surface area (Å²) >= 11 is 0. The van der Waals surface area contributed by atoms with Gasteiger partial charge in [0, 0.05) is 5.70 Å². The summed E-state index contributed by atoms with van der Waals surface area (Å²) in [6.45, 7) is 18.3. The SMILES string of the molecule is C=C/C(=C\C(=C/C)NC(=O)OC(C)(C)C)C(=O)O.CC.CC. The van der Waals surface area contributed by atoms with Gasteiger partial charge in [-0.3, -0.25) is 5.32 Å². The minimum Gasteiger partial charge on any atom is -0.478 e. The molecule has 1 amide bonds. The van der Waals surface area contributed by atoms with Gasteiger partial charge < -0.3 is 9.84 Å². The molecule has 0 heterocycles. The molecular formula is C17H31NO4. The van der Waals surface area contributed by atoms with Crippen LogP contribution in [-0.4, -0.2) is 22.8 Å². The largest absolute Gasteiger partial charge is 0.478 e. The number of ether oxygens (including phenoxy) is 1. The average molecular weight is 313 g/mol. The van der Waals surface area contributed by atoms with Crippen molar-refractivity contribution in [3.63, 3.8) is 0 Å². The highest BCUT2D eigenvalue weighted by Gasteiger charge is 2.16. The number of hydrogen-bond donors (Lipinski definition) is 2. The molecule has 0 aliphatic carbocycles. The maximum absolute atomic E-state index is 11.5. The average Bonchev–Trinajstić information content (AvgIpc) is 2.45. The van der Waals surface area contributed by atoms with Gasteiger partial charge in [-0.25, -0.2) is 9.59 Å². The van der Waals surface area contributed by atoms with Crippen molar-refractivity contribution in [1.29, 1.82) is 0 Å². The fourth-order valence-electron chi connectivity index (χ4n) is 0.989. The molecule has 5 heteroatoms. The van der Waals surface area contributed by atoms with Crippen molar-refractivity contribution >= 4 is 12.1 Å². The van der Waals surface area contributed by atoms with Crippen molar-refractivity contribution in [2.24, 2.45) is 0 Å². The van der Waals surface area contributed by atoms with Gasteiger partial charge >= 0.3 is 12.1 Å². The molecule has 2 N–H and O–H groups in total. The lowest BCUT2D eigenvalue weighted by Crippen LogP contribution is -2.31. The topological polar surface area (TPSA) is 75.6 Å². The lowest BCUT2D eigenvalue weighted by molar-refractivity contribution is -0.132. The summed E-state index contributed by atoms with van der Waals surface area (Å²) in [6.07, 6.45) is 3.43. The van der Waals surface area contributed by atoms with E-state index < -0.39 is 17.7 Å². The van der Waals surface area contributed by atoms with Gasteiger partial charge in [0.2, 0.25) is 0 Å². The van der Waals surface area contributed by atoms with Crippen LogP contribution in [0.3, 0.4) is 0 Å². The Kier molecular flexibility index (Phi) is 15.8. The summed E-state index contributed by atoms with van der Waals surface area (Å²) in [7, 11) is 0. The molecule has 0 spiro atoms. The van der Waals surface area contributed by atoms with Crippen molar-refractivity contribution in [2.45, 2.75) is 61.0 Å². The Morgan fingerprint density at radius 2 is 1.59 bits per heavy atom.